The highest BCUT2D eigenvalue weighted by Crippen LogP contribution is 2.25. The first-order chi connectivity index (χ1) is 8.08. The summed E-state index contributed by atoms with van der Waals surface area (Å²) in [6, 6.07) is 1.93. The van der Waals surface area contributed by atoms with Crippen molar-refractivity contribution in [2.24, 2.45) is 5.92 Å². The summed E-state index contributed by atoms with van der Waals surface area (Å²) in [5.41, 5.74) is 0. The van der Waals surface area contributed by atoms with E-state index in [1.807, 2.05) is 11.4 Å². The van der Waals surface area contributed by atoms with Gasteiger partial charge in [0.1, 0.15) is 16.6 Å². The summed E-state index contributed by atoms with van der Waals surface area (Å²) in [7, 11) is 0. The third-order valence-electron chi connectivity index (χ3n) is 2.74. The summed E-state index contributed by atoms with van der Waals surface area (Å²) >= 11 is 7.65. The molecule has 0 amide bonds. The molecule has 0 spiro atoms. The molecule has 0 aliphatic carbocycles. The maximum Gasteiger partial charge on any atom is 0.157 e. The van der Waals surface area contributed by atoms with E-state index in [9.17, 15) is 0 Å². The van der Waals surface area contributed by atoms with Gasteiger partial charge in [0, 0.05) is 5.39 Å². The van der Waals surface area contributed by atoms with Crippen LogP contribution in [0.15, 0.2) is 11.4 Å². The number of halogens is 1. The van der Waals surface area contributed by atoms with Crippen LogP contribution in [0.5, 0.6) is 0 Å². The van der Waals surface area contributed by atoms with Crippen LogP contribution in [0.2, 0.25) is 5.15 Å². The topological polar surface area (TPSA) is 35.0 Å². The minimum absolute atomic E-state index is 0.191. The molecule has 1 atom stereocenters. The molecule has 92 valence electrons. The number of fused-ring (bicyclic) bond motifs is 1. The third-order valence-corrected chi connectivity index (χ3v) is 3.83. The average molecular weight is 271 g/mol. The monoisotopic (exact) mass is 270 g/mol. The van der Waals surface area contributed by atoms with Crippen LogP contribution < -0.4 is 0 Å². The van der Waals surface area contributed by atoms with Crippen LogP contribution in [0, 0.1) is 5.92 Å². The van der Waals surface area contributed by atoms with Crippen LogP contribution in [0.1, 0.15) is 26.6 Å². The van der Waals surface area contributed by atoms with E-state index < -0.39 is 0 Å². The molecule has 2 heterocycles. The Morgan fingerprint density at radius 2 is 2.12 bits per heavy atom. The van der Waals surface area contributed by atoms with Gasteiger partial charge < -0.3 is 4.74 Å². The second-order valence-electron chi connectivity index (χ2n) is 4.33. The lowest BCUT2D eigenvalue weighted by Gasteiger charge is -2.15. The number of thiophene rings is 1. The van der Waals surface area contributed by atoms with Crippen molar-refractivity contribution in [2.75, 3.05) is 0 Å². The van der Waals surface area contributed by atoms with Crippen LogP contribution in [-0.4, -0.2) is 16.1 Å². The molecule has 0 radical (unpaired) electrons. The molecule has 2 aromatic rings. The van der Waals surface area contributed by atoms with Crippen molar-refractivity contribution in [2.45, 2.75) is 33.5 Å². The maximum atomic E-state index is 6.08. The first-order valence-electron chi connectivity index (χ1n) is 5.59. The van der Waals surface area contributed by atoms with Gasteiger partial charge in [-0.25, -0.2) is 9.97 Å². The molecule has 3 nitrogen and oxygen atoms in total. The summed E-state index contributed by atoms with van der Waals surface area (Å²) in [4.78, 5) is 9.58. The highest BCUT2D eigenvalue weighted by molar-refractivity contribution is 7.16. The molecular formula is C12H15ClN2OS. The van der Waals surface area contributed by atoms with Crippen molar-refractivity contribution in [3.05, 3.63) is 22.4 Å². The molecule has 2 rings (SSSR count). The van der Waals surface area contributed by atoms with Gasteiger partial charge >= 0.3 is 0 Å². The molecule has 0 aromatic carbocycles. The zero-order chi connectivity index (χ0) is 12.4. The van der Waals surface area contributed by atoms with Gasteiger partial charge in [-0.3, -0.25) is 0 Å². The largest absolute Gasteiger partial charge is 0.370 e. The highest BCUT2D eigenvalue weighted by Gasteiger charge is 2.11. The average Bonchev–Trinajstić information content (AvgIpc) is 2.74. The third kappa shape index (κ3) is 2.94. The summed E-state index contributed by atoms with van der Waals surface area (Å²) in [6.45, 7) is 6.71. The number of aromatic nitrogens is 2. The van der Waals surface area contributed by atoms with Crippen LogP contribution in [0.3, 0.4) is 0 Å². The standard InChI is InChI=1S/C12H15ClN2OS/c1-7(2)8(3)16-6-10-14-11(13)9-4-5-17-12(9)15-10/h4-5,7-8H,6H2,1-3H3. The molecule has 0 saturated carbocycles. The van der Waals surface area contributed by atoms with Crippen LogP contribution in [0.25, 0.3) is 10.2 Å². The summed E-state index contributed by atoms with van der Waals surface area (Å²) in [5.74, 6) is 1.13. The Labute approximate surface area is 110 Å². The minimum atomic E-state index is 0.191. The fourth-order valence-electron chi connectivity index (χ4n) is 1.32. The van der Waals surface area contributed by atoms with Crippen molar-refractivity contribution < 1.29 is 4.74 Å². The second-order valence-corrected chi connectivity index (χ2v) is 5.58. The lowest BCUT2D eigenvalue weighted by molar-refractivity contribution is 0.0201. The van der Waals surface area contributed by atoms with Gasteiger partial charge in [-0.15, -0.1) is 11.3 Å². The predicted octanol–water partition coefficient (Wildman–Crippen LogP) is 3.91. The number of nitrogens with zero attached hydrogens (tertiary/aromatic N) is 2. The Morgan fingerprint density at radius 1 is 1.35 bits per heavy atom. The first kappa shape index (κ1) is 12.7. The molecule has 0 aliphatic heterocycles. The zero-order valence-electron chi connectivity index (χ0n) is 10.1. The Bertz CT molecular complexity index is 512. The SMILES string of the molecule is CC(C)C(C)OCc1nc(Cl)c2ccsc2n1. The fraction of sp³-hybridized carbons (Fsp3) is 0.500. The number of rotatable bonds is 4. The van der Waals surface area contributed by atoms with E-state index in [1.54, 1.807) is 11.3 Å². The summed E-state index contributed by atoms with van der Waals surface area (Å²) < 4.78 is 5.69. The van der Waals surface area contributed by atoms with Crippen LogP contribution >= 0.6 is 22.9 Å². The van der Waals surface area contributed by atoms with Gasteiger partial charge in [-0.1, -0.05) is 25.4 Å². The van der Waals surface area contributed by atoms with Gasteiger partial charge in [-0.05, 0) is 24.3 Å². The van der Waals surface area contributed by atoms with Crippen molar-refractivity contribution in [1.82, 2.24) is 9.97 Å². The molecule has 0 saturated heterocycles. The Balaban J connectivity index is 2.13. The van der Waals surface area contributed by atoms with E-state index in [0.29, 0.717) is 23.5 Å². The van der Waals surface area contributed by atoms with Crippen molar-refractivity contribution in [1.29, 1.82) is 0 Å². The molecule has 17 heavy (non-hydrogen) atoms. The van der Waals surface area contributed by atoms with Gasteiger partial charge in [0.15, 0.2) is 5.82 Å². The lowest BCUT2D eigenvalue weighted by Crippen LogP contribution is -2.16. The van der Waals surface area contributed by atoms with Gasteiger partial charge in [0.05, 0.1) is 6.10 Å². The zero-order valence-corrected chi connectivity index (χ0v) is 11.7. The number of hydrogen-bond acceptors (Lipinski definition) is 4. The molecule has 2 aromatic heterocycles. The normalized spacial score (nSPS) is 13.5. The number of ether oxygens (including phenoxy) is 1. The molecule has 0 N–H and O–H groups in total. The van der Waals surface area contributed by atoms with Crippen molar-refractivity contribution in [3.63, 3.8) is 0 Å². The van der Waals surface area contributed by atoms with Crippen LogP contribution in [-0.2, 0) is 11.3 Å². The minimum Gasteiger partial charge on any atom is -0.370 e. The molecule has 5 heteroatoms. The summed E-state index contributed by atoms with van der Waals surface area (Å²) in [5, 5.41) is 3.39. The van der Waals surface area contributed by atoms with Gasteiger partial charge in [-0.2, -0.15) is 0 Å². The Morgan fingerprint density at radius 3 is 2.82 bits per heavy atom. The van der Waals surface area contributed by atoms with Gasteiger partial charge in [0.2, 0.25) is 0 Å². The van der Waals surface area contributed by atoms with E-state index in [0.717, 1.165) is 10.2 Å². The van der Waals surface area contributed by atoms with Crippen LogP contribution in [0.4, 0.5) is 0 Å². The Kier molecular flexibility index (Phi) is 3.97. The molecular weight excluding hydrogens is 256 g/mol. The fourth-order valence-corrected chi connectivity index (χ4v) is 2.41. The van der Waals surface area contributed by atoms with Crippen molar-refractivity contribution in [3.8, 4) is 0 Å². The van der Waals surface area contributed by atoms with Gasteiger partial charge in [0.25, 0.3) is 0 Å². The lowest BCUT2D eigenvalue weighted by atomic mass is 10.1. The second kappa shape index (κ2) is 5.29. The molecule has 0 bridgehead atoms. The maximum absolute atomic E-state index is 6.08. The molecule has 0 fully saturated rings. The quantitative estimate of drug-likeness (QED) is 0.790. The van der Waals surface area contributed by atoms with E-state index in [4.69, 9.17) is 16.3 Å². The van der Waals surface area contributed by atoms with E-state index in [-0.39, 0.29) is 6.10 Å². The van der Waals surface area contributed by atoms with E-state index >= 15 is 0 Å². The predicted molar refractivity (Wildman–Crippen MR) is 71.5 cm³/mol. The number of hydrogen-bond donors (Lipinski definition) is 0. The first-order valence-corrected chi connectivity index (χ1v) is 6.85. The van der Waals surface area contributed by atoms with E-state index in [1.165, 1.54) is 0 Å². The smallest absolute Gasteiger partial charge is 0.157 e. The molecule has 1 unspecified atom stereocenters. The van der Waals surface area contributed by atoms with Crippen molar-refractivity contribution >= 4 is 33.2 Å². The molecule has 0 aliphatic rings. The Hall–Kier alpha value is -0.710. The highest BCUT2D eigenvalue weighted by atomic mass is 35.5. The summed E-state index contributed by atoms with van der Waals surface area (Å²) in [6.07, 6.45) is 0.191. The van der Waals surface area contributed by atoms with E-state index in [2.05, 4.69) is 30.7 Å².